The van der Waals surface area contributed by atoms with Crippen LogP contribution in [0.15, 0.2) is 16.6 Å². The van der Waals surface area contributed by atoms with Crippen molar-refractivity contribution in [3.63, 3.8) is 0 Å². The zero-order chi connectivity index (χ0) is 12.4. The van der Waals surface area contributed by atoms with E-state index in [9.17, 15) is 5.11 Å². The van der Waals surface area contributed by atoms with Crippen LogP contribution in [0.1, 0.15) is 25.0 Å². The summed E-state index contributed by atoms with van der Waals surface area (Å²) in [6, 6.07) is 3.28. The van der Waals surface area contributed by atoms with E-state index in [-0.39, 0.29) is 6.04 Å². The second-order valence-electron chi connectivity index (χ2n) is 4.18. The molecule has 0 amide bonds. The van der Waals surface area contributed by atoms with Crippen molar-refractivity contribution in [1.29, 1.82) is 0 Å². The highest BCUT2D eigenvalue weighted by Gasteiger charge is 2.20. The van der Waals surface area contributed by atoms with Crippen LogP contribution in [0, 0.1) is 0 Å². The predicted octanol–water partition coefficient (Wildman–Crippen LogP) is 1.99. The van der Waals surface area contributed by atoms with Gasteiger partial charge in [-0.15, -0.1) is 0 Å². The average molecular weight is 302 g/mol. The number of ether oxygens (including phenoxy) is 2. The number of halogens is 1. The molecule has 0 spiro atoms. The summed E-state index contributed by atoms with van der Waals surface area (Å²) in [4.78, 5) is 0. The lowest BCUT2D eigenvalue weighted by atomic mass is 10.0. The van der Waals surface area contributed by atoms with Gasteiger partial charge in [-0.05, 0) is 40.5 Å². The number of aliphatic hydroxyl groups is 1. The second-order valence-corrected chi connectivity index (χ2v) is 5.04. The van der Waals surface area contributed by atoms with Gasteiger partial charge in [-0.2, -0.15) is 0 Å². The Hall–Kier alpha value is -0.780. The van der Waals surface area contributed by atoms with Crippen molar-refractivity contribution in [2.45, 2.75) is 25.5 Å². The normalized spacial score (nSPS) is 18.4. The average Bonchev–Trinajstić information content (AvgIpc) is 2.53. The van der Waals surface area contributed by atoms with Crippen LogP contribution in [-0.4, -0.2) is 24.4 Å². The van der Waals surface area contributed by atoms with Crippen molar-refractivity contribution in [1.82, 2.24) is 0 Å². The van der Waals surface area contributed by atoms with Crippen LogP contribution in [0.5, 0.6) is 11.5 Å². The molecule has 0 aromatic heterocycles. The molecule has 1 aromatic carbocycles. The largest absolute Gasteiger partial charge is 0.490 e. The van der Waals surface area contributed by atoms with Crippen LogP contribution in [0.2, 0.25) is 0 Å². The summed E-state index contributed by atoms with van der Waals surface area (Å²) in [7, 11) is 0. The van der Waals surface area contributed by atoms with E-state index in [1.807, 2.05) is 6.07 Å². The van der Waals surface area contributed by atoms with Crippen molar-refractivity contribution in [2.75, 3.05) is 13.2 Å². The van der Waals surface area contributed by atoms with E-state index in [0.29, 0.717) is 24.7 Å². The van der Waals surface area contributed by atoms with Gasteiger partial charge in [-0.3, -0.25) is 0 Å². The molecular formula is C12H16BrNO3. The lowest BCUT2D eigenvalue weighted by Gasteiger charge is -2.18. The van der Waals surface area contributed by atoms with Gasteiger partial charge in [0.25, 0.3) is 0 Å². The number of benzene rings is 1. The molecule has 2 unspecified atom stereocenters. The molecule has 17 heavy (non-hydrogen) atoms. The summed E-state index contributed by atoms with van der Waals surface area (Å²) in [5.74, 6) is 1.36. The molecular weight excluding hydrogens is 286 g/mol. The van der Waals surface area contributed by atoms with E-state index < -0.39 is 6.10 Å². The highest BCUT2D eigenvalue weighted by molar-refractivity contribution is 9.10. The van der Waals surface area contributed by atoms with Crippen molar-refractivity contribution < 1.29 is 14.6 Å². The lowest BCUT2D eigenvalue weighted by molar-refractivity contribution is 0.153. The highest BCUT2D eigenvalue weighted by Crippen LogP contribution is 2.39. The molecule has 1 aliphatic rings. The minimum Gasteiger partial charge on any atom is -0.490 e. The Bertz CT molecular complexity index is 409. The van der Waals surface area contributed by atoms with Crippen LogP contribution in [0.3, 0.4) is 0 Å². The molecule has 1 aromatic rings. The number of nitrogens with two attached hydrogens (primary N) is 1. The Morgan fingerprint density at radius 3 is 2.76 bits per heavy atom. The fraction of sp³-hybridized carbons (Fsp3) is 0.500. The molecule has 1 aliphatic heterocycles. The molecule has 0 radical (unpaired) electrons. The molecule has 2 rings (SSSR count). The topological polar surface area (TPSA) is 64.7 Å². The van der Waals surface area contributed by atoms with Crippen LogP contribution in [0.25, 0.3) is 0 Å². The summed E-state index contributed by atoms with van der Waals surface area (Å²) >= 11 is 3.43. The zero-order valence-corrected chi connectivity index (χ0v) is 11.2. The summed E-state index contributed by atoms with van der Waals surface area (Å²) in [5, 5.41) is 9.95. The van der Waals surface area contributed by atoms with Crippen molar-refractivity contribution in [3.05, 3.63) is 22.2 Å². The summed E-state index contributed by atoms with van der Waals surface area (Å²) in [6.45, 7) is 3.03. The minimum atomic E-state index is -0.705. The Labute approximate surface area is 109 Å². The molecule has 2 atom stereocenters. The van der Waals surface area contributed by atoms with E-state index in [1.54, 1.807) is 13.0 Å². The second kappa shape index (κ2) is 5.25. The van der Waals surface area contributed by atoms with E-state index >= 15 is 0 Å². The lowest BCUT2D eigenvalue weighted by Crippen LogP contribution is -2.24. The van der Waals surface area contributed by atoms with Gasteiger partial charge in [0.1, 0.15) is 0 Å². The van der Waals surface area contributed by atoms with Gasteiger partial charge in [0.05, 0.1) is 23.8 Å². The van der Waals surface area contributed by atoms with Gasteiger partial charge >= 0.3 is 0 Å². The van der Waals surface area contributed by atoms with Crippen molar-refractivity contribution in [3.8, 4) is 11.5 Å². The van der Waals surface area contributed by atoms with E-state index in [2.05, 4.69) is 15.9 Å². The van der Waals surface area contributed by atoms with Crippen LogP contribution in [-0.2, 0) is 0 Å². The molecule has 0 saturated carbocycles. The Kier molecular flexibility index (Phi) is 3.91. The Morgan fingerprint density at radius 2 is 2.06 bits per heavy atom. The van der Waals surface area contributed by atoms with Crippen molar-refractivity contribution in [2.24, 2.45) is 5.73 Å². The van der Waals surface area contributed by atoms with Gasteiger partial charge < -0.3 is 20.3 Å². The first-order valence-electron chi connectivity index (χ1n) is 5.62. The maximum atomic E-state index is 9.95. The third-order valence-electron chi connectivity index (χ3n) is 2.66. The number of rotatable bonds is 2. The first-order valence-corrected chi connectivity index (χ1v) is 6.41. The molecule has 4 nitrogen and oxygen atoms in total. The molecule has 0 saturated heterocycles. The smallest absolute Gasteiger partial charge is 0.175 e. The first kappa shape index (κ1) is 12.7. The molecule has 5 heteroatoms. The third kappa shape index (κ3) is 2.73. The minimum absolute atomic E-state index is 0.327. The molecule has 0 bridgehead atoms. The summed E-state index contributed by atoms with van der Waals surface area (Å²) in [5.41, 5.74) is 6.42. The fourth-order valence-electron chi connectivity index (χ4n) is 1.73. The molecule has 94 valence electrons. The Morgan fingerprint density at radius 1 is 1.35 bits per heavy atom. The molecule has 0 aliphatic carbocycles. The van der Waals surface area contributed by atoms with Gasteiger partial charge in [-0.25, -0.2) is 0 Å². The monoisotopic (exact) mass is 301 g/mol. The van der Waals surface area contributed by atoms with Crippen LogP contribution in [0.4, 0.5) is 0 Å². The van der Waals surface area contributed by atoms with Gasteiger partial charge in [0.2, 0.25) is 0 Å². The van der Waals surface area contributed by atoms with Crippen molar-refractivity contribution >= 4 is 15.9 Å². The molecule has 3 N–H and O–H groups in total. The maximum Gasteiger partial charge on any atom is 0.175 e. The number of aliphatic hydroxyl groups excluding tert-OH is 1. The number of fused-ring (bicyclic) bond motifs is 1. The van der Waals surface area contributed by atoms with Crippen LogP contribution >= 0.6 is 15.9 Å². The van der Waals surface area contributed by atoms with Gasteiger partial charge in [-0.1, -0.05) is 0 Å². The zero-order valence-electron chi connectivity index (χ0n) is 9.65. The first-order chi connectivity index (χ1) is 8.09. The standard InChI is InChI=1S/C12H16BrNO3/c1-7(14)11(15)8-5-9(13)12-10(6-8)16-3-2-4-17-12/h5-7,11,15H,2-4,14H2,1H3. The van der Waals surface area contributed by atoms with E-state index in [0.717, 1.165) is 16.5 Å². The predicted molar refractivity (Wildman–Crippen MR) is 68.4 cm³/mol. The number of hydrogen-bond acceptors (Lipinski definition) is 4. The molecule has 0 fully saturated rings. The summed E-state index contributed by atoms with van der Waals surface area (Å²) in [6.07, 6.45) is 0.148. The molecule has 1 heterocycles. The number of hydrogen-bond donors (Lipinski definition) is 2. The third-order valence-corrected chi connectivity index (χ3v) is 3.25. The fourth-order valence-corrected chi connectivity index (χ4v) is 2.30. The quantitative estimate of drug-likeness (QED) is 0.877. The van der Waals surface area contributed by atoms with E-state index in [1.165, 1.54) is 0 Å². The maximum absolute atomic E-state index is 9.95. The van der Waals surface area contributed by atoms with Gasteiger partial charge in [0.15, 0.2) is 11.5 Å². The van der Waals surface area contributed by atoms with Gasteiger partial charge in [0, 0.05) is 12.5 Å². The van der Waals surface area contributed by atoms with Crippen LogP contribution < -0.4 is 15.2 Å². The SMILES string of the molecule is CC(N)C(O)c1cc(Br)c2c(c1)OCCCO2. The Balaban J connectivity index is 2.38. The summed E-state index contributed by atoms with van der Waals surface area (Å²) < 4.78 is 12.0. The highest BCUT2D eigenvalue weighted by atomic mass is 79.9. The van der Waals surface area contributed by atoms with E-state index in [4.69, 9.17) is 15.2 Å².